The number of nitrogens with zero attached hydrogens (tertiary/aromatic N) is 2. The Morgan fingerprint density at radius 2 is 1.95 bits per heavy atom. The van der Waals surface area contributed by atoms with Crippen LogP contribution in [0.2, 0.25) is 5.02 Å². The molecule has 0 atom stereocenters. The summed E-state index contributed by atoms with van der Waals surface area (Å²) in [5.74, 6) is 0. The van der Waals surface area contributed by atoms with Crippen molar-refractivity contribution in [1.82, 2.24) is 0 Å². The third-order valence-electron chi connectivity index (χ3n) is 2.67. The van der Waals surface area contributed by atoms with Gasteiger partial charge in [0.2, 0.25) is 0 Å². The van der Waals surface area contributed by atoms with E-state index in [2.05, 4.69) is 10.5 Å². The molecule has 0 amide bonds. The highest BCUT2D eigenvalue weighted by molar-refractivity contribution is 6.30. The van der Waals surface area contributed by atoms with Gasteiger partial charge in [0.05, 0.1) is 16.3 Å². The molecule has 2 aromatic rings. The summed E-state index contributed by atoms with van der Waals surface area (Å²) in [4.78, 5) is 10.1. The number of anilines is 1. The molecule has 0 fully saturated rings. The maximum absolute atomic E-state index is 10.6. The fourth-order valence-corrected chi connectivity index (χ4v) is 1.79. The Morgan fingerprint density at radius 3 is 2.55 bits per heavy atom. The highest BCUT2D eigenvalue weighted by Gasteiger charge is 2.05. The molecule has 0 bridgehead atoms. The van der Waals surface area contributed by atoms with E-state index in [0.29, 0.717) is 5.02 Å². The lowest BCUT2D eigenvalue weighted by atomic mass is 10.1. The molecule has 2 aromatic carbocycles. The minimum atomic E-state index is -0.430. The second-order valence-corrected chi connectivity index (χ2v) is 4.56. The predicted octanol–water partition coefficient (Wildman–Crippen LogP) is 4.08. The van der Waals surface area contributed by atoms with Gasteiger partial charge in [0, 0.05) is 17.2 Å². The van der Waals surface area contributed by atoms with Crippen LogP contribution in [0.5, 0.6) is 0 Å². The molecular weight excluding hydrogens is 278 g/mol. The van der Waals surface area contributed by atoms with Crippen molar-refractivity contribution in [3.8, 4) is 0 Å². The first-order valence-corrected chi connectivity index (χ1v) is 6.25. The lowest BCUT2D eigenvalue weighted by molar-refractivity contribution is -0.384. The predicted molar refractivity (Wildman–Crippen MR) is 80.4 cm³/mol. The van der Waals surface area contributed by atoms with Gasteiger partial charge in [-0.1, -0.05) is 17.7 Å². The maximum atomic E-state index is 10.6. The molecule has 0 aliphatic rings. The maximum Gasteiger partial charge on any atom is 0.269 e. The summed E-state index contributed by atoms with van der Waals surface area (Å²) in [5, 5.41) is 15.4. The highest BCUT2D eigenvalue weighted by Crippen LogP contribution is 2.16. The zero-order chi connectivity index (χ0) is 14.5. The third-order valence-corrected chi connectivity index (χ3v) is 2.91. The van der Waals surface area contributed by atoms with E-state index < -0.39 is 4.92 Å². The largest absolute Gasteiger partial charge is 0.278 e. The molecule has 0 radical (unpaired) electrons. The van der Waals surface area contributed by atoms with E-state index in [4.69, 9.17) is 11.6 Å². The van der Waals surface area contributed by atoms with Crippen molar-refractivity contribution in [3.05, 3.63) is 69.2 Å². The summed E-state index contributed by atoms with van der Waals surface area (Å²) in [7, 11) is 0. The van der Waals surface area contributed by atoms with Crippen molar-refractivity contribution in [2.75, 3.05) is 5.43 Å². The van der Waals surface area contributed by atoms with Crippen LogP contribution in [0, 0.1) is 10.1 Å². The minimum absolute atomic E-state index is 0.0596. The van der Waals surface area contributed by atoms with Crippen LogP contribution in [0.4, 0.5) is 11.4 Å². The van der Waals surface area contributed by atoms with Gasteiger partial charge in [0.1, 0.15) is 0 Å². The van der Waals surface area contributed by atoms with Crippen LogP contribution in [-0.4, -0.2) is 10.6 Å². The number of hydrazone groups is 1. The molecule has 0 aromatic heterocycles. The summed E-state index contributed by atoms with van der Waals surface area (Å²) in [6.07, 6.45) is 0. The van der Waals surface area contributed by atoms with Gasteiger partial charge in [-0.15, -0.1) is 0 Å². The topological polar surface area (TPSA) is 67.5 Å². The van der Waals surface area contributed by atoms with Crippen molar-refractivity contribution in [3.63, 3.8) is 0 Å². The van der Waals surface area contributed by atoms with Crippen LogP contribution in [0.1, 0.15) is 12.5 Å². The van der Waals surface area contributed by atoms with Crippen molar-refractivity contribution in [1.29, 1.82) is 0 Å². The summed E-state index contributed by atoms with van der Waals surface area (Å²) in [6, 6.07) is 13.4. The lowest BCUT2D eigenvalue weighted by Gasteiger charge is -2.04. The molecule has 0 saturated carbocycles. The molecule has 0 aliphatic carbocycles. The number of benzene rings is 2. The van der Waals surface area contributed by atoms with Gasteiger partial charge in [-0.3, -0.25) is 15.5 Å². The Bertz CT molecular complexity index is 654. The summed E-state index contributed by atoms with van der Waals surface area (Å²) >= 11 is 5.87. The van der Waals surface area contributed by atoms with Gasteiger partial charge in [-0.25, -0.2) is 0 Å². The third kappa shape index (κ3) is 3.55. The second kappa shape index (κ2) is 6.16. The van der Waals surface area contributed by atoms with Gasteiger partial charge < -0.3 is 0 Å². The van der Waals surface area contributed by atoms with E-state index in [1.54, 1.807) is 24.3 Å². The average molecular weight is 290 g/mol. The van der Waals surface area contributed by atoms with Crippen LogP contribution in [0.3, 0.4) is 0 Å². The van der Waals surface area contributed by atoms with Crippen LogP contribution >= 0.6 is 11.6 Å². The normalized spacial score (nSPS) is 11.2. The second-order valence-electron chi connectivity index (χ2n) is 4.12. The van der Waals surface area contributed by atoms with Crippen molar-refractivity contribution < 1.29 is 4.92 Å². The van der Waals surface area contributed by atoms with E-state index in [1.165, 1.54) is 12.1 Å². The molecule has 0 saturated heterocycles. The number of halogens is 1. The van der Waals surface area contributed by atoms with Crippen LogP contribution in [-0.2, 0) is 0 Å². The first-order valence-electron chi connectivity index (χ1n) is 5.87. The Hall–Kier alpha value is -2.40. The van der Waals surface area contributed by atoms with Crippen molar-refractivity contribution in [2.24, 2.45) is 5.10 Å². The monoisotopic (exact) mass is 289 g/mol. The number of nitro benzene ring substituents is 1. The number of hydrogen-bond donors (Lipinski definition) is 1. The van der Waals surface area contributed by atoms with Crippen LogP contribution in [0.15, 0.2) is 53.6 Å². The van der Waals surface area contributed by atoms with Crippen molar-refractivity contribution in [2.45, 2.75) is 6.92 Å². The highest BCUT2D eigenvalue weighted by atomic mass is 35.5. The van der Waals surface area contributed by atoms with E-state index in [0.717, 1.165) is 17.0 Å². The number of rotatable bonds is 4. The number of nitro groups is 1. The quantitative estimate of drug-likeness (QED) is 0.524. The van der Waals surface area contributed by atoms with Crippen molar-refractivity contribution >= 4 is 28.7 Å². The summed E-state index contributed by atoms with van der Waals surface area (Å²) in [5.41, 5.74) is 5.26. The first kappa shape index (κ1) is 14.0. The van der Waals surface area contributed by atoms with Crippen LogP contribution < -0.4 is 5.43 Å². The molecule has 0 spiro atoms. The first-order chi connectivity index (χ1) is 9.56. The van der Waals surface area contributed by atoms with Gasteiger partial charge in [-0.05, 0) is 42.8 Å². The Labute approximate surface area is 121 Å². The number of nitrogens with one attached hydrogen (secondary N) is 1. The molecule has 0 unspecified atom stereocenters. The van der Waals surface area contributed by atoms with Crippen LogP contribution in [0.25, 0.3) is 0 Å². The van der Waals surface area contributed by atoms with E-state index in [1.807, 2.05) is 19.1 Å². The Kier molecular flexibility index (Phi) is 4.32. The van der Waals surface area contributed by atoms with Gasteiger partial charge in [0.25, 0.3) is 5.69 Å². The SMILES string of the molecule is C/C(=N/Nc1cccc(Cl)c1)c1ccc([N+](=O)[O-])cc1. The molecule has 0 heterocycles. The smallest absolute Gasteiger partial charge is 0.269 e. The molecule has 20 heavy (non-hydrogen) atoms. The Morgan fingerprint density at radius 1 is 1.25 bits per heavy atom. The fraction of sp³-hybridized carbons (Fsp3) is 0.0714. The molecule has 0 aliphatic heterocycles. The standard InChI is InChI=1S/C14H12ClN3O2/c1-10(11-5-7-14(8-6-11)18(19)20)16-17-13-4-2-3-12(15)9-13/h2-9,17H,1H3/b16-10-. The molecule has 102 valence electrons. The van der Waals surface area contributed by atoms with E-state index in [9.17, 15) is 10.1 Å². The molecular formula is C14H12ClN3O2. The van der Waals surface area contributed by atoms with E-state index >= 15 is 0 Å². The summed E-state index contributed by atoms with van der Waals surface area (Å²) in [6.45, 7) is 1.82. The van der Waals surface area contributed by atoms with Gasteiger partial charge in [-0.2, -0.15) is 5.10 Å². The average Bonchev–Trinajstić information content (AvgIpc) is 2.45. The zero-order valence-corrected chi connectivity index (χ0v) is 11.5. The minimum Gasteiger partial charge on any atom is -0.278 e. The number of non-ortho nitro benzene ring substituents is 1. The van der Waals surface area contributed by atoms with Gasteiger partial charge in [0.15, 0.2) is 0 Å². The summed E-state index contributed by atoms with van der Waals surface area (Å²) < 4.78 is 0. The zero-order valence-electron chi connectivity index (χ0n) is 10.7. The molecule has 1 N–H and O–H groups in total. The number of hydrogen-bond acceptors (Lipinski definition) is 4. The van der Waals surface area contributed by atoms with E-state index in [-0.39, 0.29) is 5.69 Å². The molecule has 5 nitrogen and oxygen atoms in total. The molecule has 6 heteroatoms. The molecule has 2 rings (SSSR count). The Balaban J connectivity index is 2.12. The lowest BCUT2D eigenvalue weighted by Crippen LogP contribution is -2.00. The van der Waals surface area contributed by atoms with Gasteiger partial charge >= 0.3 is 0 Å². The fourth-order valence-electron chi connectivity index (χ4n) is 1.60.